The van der Waals surface area contributed by atoms with Crippen LogP contribution >= 0.6 is 0 Å². The summed E-state index contributed by atoms with van der Waals surface area (Å²) in [6.45, 7) is 18.3. The Labute approximate surface area is 130 Å². The van der Waals surface area contributed by atoms with E-state index in [9.17, 15) is 0 Å². The molecule has 0 aliphatic heterocycles. The standard InChI is InChI=1S/C18H32N2O/c1-13(2)15-10-9-11-16(20-15)21-18(7,8)17(5,6)12-19-14(3)4/h9-11,13-14,19H,12H2,1-8H3. The van der Waals surface area contributed by atoms with E-state index in [1.807, 2.05) is 12.1 Å². The maximum absolute atomic E-state index is 6.24. The summed E-state index contributed by atoms with van der Waals surface area (Å²) in [4.78, 5) is 4.62. The molecule has 0 atom stereocenters. The summed E-state index contributed by atoms with van der Waals surface area (Å²) in [5.41, 5.74) is 0.756. The average Bonchev–Trinajstić information content (AvgIpc) is 2.36. The fraction of sp³-hybridized carbons (Fsp3) is 0.722. The molecule has 1 rings (SSSR count). The number of rotatable bonds is 7. The zero-order chi connectivity index (χ0) is 16.3. The maximum atomic E-state index is 6.24. The first kappa shape index (κ1) is 18.0. The van der Waals surface area contributed by atoms with E-state index >= 15 is 0 Å². The van der Waals surface area contributed by atoms with Gasteiger partial charge in [-0.25, -0.2) is 4.98 Å². The summed E-state index contributed by atoms with van der Waals surface area (Å²) in [7, 11) is 0. The molecule has 1 heterocycles. The Hall–Kier alpha value is -1.09. The summed E-state index contributed by atoms with van der Waals surface area (Å²) >= 11 is 0. The van der Waals surface area contributed by atoms with Crippen LogP contribution in [0.4, 0.5) is 0 Å². The fourth-order valence-electron chi connectivity index (χ4n) is 1.88. The Kier molecular flexibility index (Phi) is 5.80. The van der Waals surface area contributed by atoms with Gasteiger partial charge in [0, 0.05) is 29.8 Å². The molecule has 120 valence electrons. The number of aromatic nitrogens is 1. The van der Waals surface area contributed by atoms with Gasteiger partial charge in [0.25, 0.3) is 0 Å². The summed E-state index contributed by atoms with van der Waals surface area (Å²) in [6.07, 6.45) is 0. The smallest absolute Gasteiger partial charge is 0.213 e. The lowest BCUT2D eigenvalue weighted by Crippen LogP contribution is -2.51. The van der Waals surface area contributed by atoms with Crippen molar-refractivity contribution in [3.05, 3.63) is 23.9 Å². The minimum absolute atomic E-state index is 0.00716. The molecule has 0 radical (unpaired) electrons. The molecule has 1 aromatic rings. The molecular formula is C18H32N2O. The van der Waals surface area contributed by atoms with Crippen molar-refractivity contribution in [3.63, 3.8) is 0 Å². The largest absolute Gasteiger partial charge is 0.471 e. The fourth-order valence-corrected chi connectivity index (χ4v) is 1.88. The van der Waals surface area contributed by atoms with E-state index in [2.05, 4.69) is 71.8 Å². The molecule has 21 heavy (non-hydrogen) atoms. The average molecular weight is 292 g/mol. The van der Waals surface area contributed by atoms with E-state index in [-0.39, 0.29) is 11.0 Å². The molecule has 0 amide bonds. The summed E-state index contributed by atoms with van der Waals surface area (Å²) in [5, 5.41) is 3.51. The van der Waals surface area contributed by atoms with Crippen molar-refractivity contribution in [2.75, 3.05) is 6.54 Å². The number of hydrogen-bond donors (Lipinski definition) is 1. The van der Waals surface area contributed by atoms with Crippen LogP contribution in [0, 0.1) is 5.41 Å². The zero-order valence-electron chi connectivity index (χ0n) is 14.9. The monoisotopic (exact) mass is 292 g/mol. The molecule has 0 bridgehead atoms. The maximum Gasteiger partial charge on any atom is 0.213 e. The van der Waals surface area contributed by atoms with Crippen LogP contribution in [0.3, 0.4) is 0 Å². The predicted octanol–water partition coefficient (Wildman–Crippen LogP) is 4.39. The third kappa shape index (κ3) is 4.99. The first-order valence-electron chi connectivity index (χ1n) is 7.94. The van der Waals surface area contributed by atoms with Gasteiger partial charge in [-0.05, 0) is 25.8 Å². The van der Waals surface area contributed by atoms with Crippen LogP contribution < -0.4 is 10.1 Å². The van der Waals surface area contributed by atoms with Gasteiger partial charge in [0.05, 0.1) is 0 Å². The molecular weight excluding hydrogens is 260 g/mol. The van der Waals surface area contributed by atoms with Crippen LogP contribution in [0.1, 0.15) is 67.0 Å². The van der Waals surface area contributed by atoms with Crippen molar-refractivity contribution in [2.24, 2.45) is 5.41 Å². The van der Waals surface area contributed by atoms with Crippen molar-refractivity contribution in [2.45, 2.75) is 73.0 Å². The first-order chi connectivity index (χ1) is 9.55. The number of pyridine rings is 1. The number of nitrogens with one attached hydrogen (secondary N) is 1. The quantitative estimate of drug-likeness (QED) is 0.809. The normalized spacial score (nSPS) is 13.0. The van der Waals surface area contributed by atoms with E-state index < -0.39 is 0 Å². The third-order valence-corrected chi connectivity index (χ3v) is 4.28. The van der Waals surface area contributed by atoms with E-state index in [1.165, 1.54) is 0 Å². The minimum Gasteiger partial charge on any atom is -0.471 e. The zero-order valence-corrected chi connectivity index (χ0v) is 14.9. The molecule has 0 spiro atoms. The number of hydrogen-bond acceptors (Lipinski definition) is 3. The second kappa shape index (κ2) is 6.78. The highest BCUT2D eigenvalue weighted by Crippen LogP contribution is 2.34. The van der Waals surface area contributed by atoms with Crippen molar-refractivity contribution in [3.8, 4) is 5.88 Å². The molecule has 0 aromatic carbocycles. The minimum atomic E-state index is -0.308. The van der Waals surface area contributed by atoms with Crippen LogP contribution in [0.5, 0.6) is 5.88 Å². The lowest BCUT2D eigenvalue weighted by Gasteiger charge is -2.42. The molecule has 0 saturated carbocycles. The highest BCUT2D eigenvalue weighted by atomic mass is 16.5. The van der Waals surface area contributed by atoms with Gasteiger partial charge in [0.2, 0.25) is 5.88 Å². The highest BCUT2D eigenvalue weighted by molar-refractivity contribution is 5.19. The van der Waals surface area contributed by atoms with Crippen molar-refractivity contribution in [1.82, 2.24) is 10.3 Å². The van der Waals surface area contributed by atoms with Crippen molar-refractivity contribution >= 4 is 0 Å². The van der Waals surface area contributed by atoms with E-state index in [0.29, 0.717) is 17.8 Å². The van der Waals surface area contributed by atoms with Crippen LogP contribution in [0.2, 0.25) is 0 Å². The molecule has 3 heteroatoms. The van der Waals surface area contributed by atoms with Crippen molar-refractivity contribution < 1.29 is 4.74 Å². The third-order valence-electron chi connectivity index (χ3n) is 4.28. The lowest BCUT2D eigenvalue weighted by atomic mass is 9.77. The molecule has 0 unspecified atom stereocenters. The van der Waals surface area contributed by atoms with Crippen LogP contribution in [0.25, 0.3) is 0 Å². The first-order valence-corrected chi connectivity index (χ1v) is 7.94. The number of ether oxygens (including phenoxy) is 1. The lowest BCUT2D eigenvalue weighted by molar-refractivity contribution is -0.0145. The molecule has 0 aliphatic rings. The summed E-state index contributed by atoms with van der Waals surface area (Å²) < 4.78 is 6.24. The summed E-state index contributed by atoms with van der Waals surface area (Å²) in [6, 6.07) is 6.49. The SMILES string of the molecule is CC(C)NCC(C)(C)C(C)(C)Oc1cccc(C(C)C)n1. The van der Waals surface area contributed by atoms with Crippen LogP contribution in [-0.4, -0.2) is 23.2 Å². The van der Waals surface area contributed by atoms with Gasteiger partial charge < -0.3 is 10.1 Å². The van der Waals surface area contributed by atoms with E-state index in [0.717, 1.165) is 12.2 Å². The second-order valence-electron chi connectivity index (χ2n) is 7.59. The van der Waals surface area contributed by atoms with Gasteiger partial charge in [-0.3, -0.25) is 0 Å². The Balaban J connectivity index is 2.85. The number of nitrogens with zero attached hydrogens (tertiary/aromatic N) is 1. The Morgan fingerprint density at radius 3 is 2.24 bits per heavy atom. The van der Waals surface area contributed by atoms with Gasteiger partial charge >= 0.3 is 0 Å². The molecule has 0 fully saturated rings. The van der Waals surface area contributed by atoms with Gasteiger partial charge in [-0.2, -0.15) is 0 Å². The Morgan fingerprint density at radius 1 is 1.10 bits per heavy atom. The van der Waals surface area contributed by atoms with E-state index in [1.54, 1.807) is 0 Å². The van der Waals surface area contributed by atoms with Gasteiger partial charge in [-0.15, -0.1) is 0 Å². The van der Waals surface area contributed by atoms with Gasteiger partial charge in [-0.1, -0.05) is 47.6 Å². The van der Waals surface area contributed by atoms with Crippen molar-refractivity contribution in [1.29, 1.82) is 0 Å². The molecule has 1 N–H and O–H groups in total. The molecule has 3 nitrogen and oxygen atoms in total. The predicted molar refractivity (Wildman–Crippen MR) is 90.0 cm³/mol. The van der Waals surface area contributed by atoms with E-state index in [4.69, 9.17) is 4.74 Å². The Morgan fingerprint density at radius 2 is 1.71 bits per heavy atom. The van der Waals surface area contributed by atoms with Crippen LogP contribution in [0.15, 0.2) is 18.2 Å². The summed E-state index contributed by atoms with van der Waals surface area (Å²) in [5.74, 6) is 1.12. The Bertz CT molecular complexity index is 450. The second-order valence-corrected chi connectivity index (χ2v) is 7.59. The molecule has 0 saturated heterocycles. The topological polar surface area (TPSA) is 34.1 Å². The van der Waals surface area contributed by atoms with Gasteiger partial charge in [0.1, 0.15) is 5.60 Å². The van der Waals surface area contributed by atoms with Crippen LogP contribution in [-0.2, 0) is 0 Å². The van der Waals surface area contributed by atoms with Gasteiger partial charge in [0.15, 0.2) is 0 Å². The molecule has 1 aromatic heterocycles. The molecule has 0 aliphatic carbocycles. The highest BCUT2D eigenvalue weighted by Gasteiger charge is 2.39.